The van der Waals surface area contributed by atoms with E-state index in [1.165, 1.54) is 12.3 Å². The second kappa shape index (κ2) is 4.20. The molecule has 0 unspecified atom stereocenters. The summed E-state index contributed by atoms with van der Waals surface area (Å²) >= 11 is 0. The van der Waals surface area contributed by atoms with E-state index in [9.17, 15) is 19.5 Å². The molecule has 2 heterocycles. The largest absolute Gasteiger partial charge is 0.507 e. The standard InChI is InChI=1S/C10H8N2O5/c13-7-3-4-11-5-6(7)10(16)17-12-8(14)1-2-9(12)15/h3-5H,1-2H2,(H,11,13). The molecule has 2 amide bonds. The van der Waals surface area contributed by atoms with Gasteiger partial charge in [-0.25, -0.2) is 4.79 Å². The van der Waals surface area contributed by atoms with Gasteiger partial charge < -0.3 is 9.94 Å². The maximum Gasteiger partial charge on any atom is 0.369 e. The van der Waals surface area contributed by atoms with Crippen LogP contribution in [0.1, 0.15) is 23.2 Å². The van der Waals surface area contributed by atoms with Crippen molar-refractivity contribution in [1.29, 1.82) is 0 Å². The number of aromatic nitrogens is 1. The maximum absolute atomic E-state index is 11.5. The summed E-state index contributed by atoms with van der Waals surface area (Å²) < 4.78 is 0. The van der Waals surface area contributed by atoms with E-state index in [2.05, 4.69) is 9.82 Å². The number of hydrogen-bond donors (Lipinski definition) is 1. The highest BCUT2D eigenvalue weighted by Gasteiger charge is 2.33. The molecular weight excluding hydrogens is 228 g/mol. The van der Waals surface area contributed by atoms with Crippen LogP contribution in [0, 0.1) is 0 Å². The van der Waals surface area contributed by atoms with Crippen molar-refractivity contribution < 1.29 is 24.3 Å². The number of carbonyl (C=O) groups is 3. The molecule has 1 aromatic heterocycles. The van der Waals surface area contributed by atoms with Crippen molar-refractivity contribution in [3.63, 3.8) is 0 Å². The monoisotopic (exact) mass is 236 g/mol. The first-order valence-corrected chi connectivity index (χ1v) is 4.80. The molecule has 7 heteroatoms. The average molecular weight is 236 g/mol. The van der Waals surface area contributed by atoms with Gasteiger partial charge in [0.15, 0.2) is 0 Å². The molecule has 88 valence electrons. The van der Waals surface area contributed by atoms with Crippen molar-refractivity contribution in [2.45, 2.75) is 12.8 Å². The minimum Gasteiger partial charge on any atom is -0.507 e. The van der Waals surface area contributed by atoms with E-state index >= 15 is 0 Å². The van der Waals surface area contributed by atoms with Crippen LogP contribution in [0.4, 0.5) is 0 Å². The second-order valence-electron chi connectivity index (χ2n) is 3.35. The van der Waals surface area contributed by atoms with Gasteiger partial charge in [0, 0.05) is 25.2 Å². The van der Waals surface area contributed by atoms with Crippen LogP contribution in [0.5, 0.6) is 5.75 Å². The summed E-state index contributed by atoms with van der Waals surface area (Å²) in [4.78, 5) is 42.1. The third-order valence-electron chi connectivity index (χ3n) is 2.20. The molecule has 17 heavy (non-hydrogen) atoms. The molecule has 0 spiro atoms. The van der Waals surface area contributed by atoms with E-state index in [4.69, 9.17) is 0 Å². The highest BCUT2D eigenvalue weighted by atomic mass is 16.7. The molecule has 7 nitrogen and oxygen atoms in total. The first-order chi connectivity index (χ1) is 8.09. The summed E-state index contributed by atoms with van der Waals surface area (Å²) in [5.41, 5.74) is -0.208. The Labute approximate surface area is 95.6 Å². The van der Waals surface area contributed by atoms with E-state index in [0.717, 1.165) is 6.20 Å². The van der Waals surface area contributed by atoms with Crippen LogP contribution in [0.3, 0.4) is 0 Å². The van der Waals surface area contributed by atoms with Crippen molar-refractivity contribution in [2.75, 3.05) is 0 Å². The molecule has 1 N–H and O–H groups in total. The lowest BCUT2D eigenvalue weighted by atomic mass is 10.3. The van der Waals surface area contributed by atoms with Crippen molar-refractivity contribution in [1.82, 2.24) is 10.0 Å². The number of rotatable bonds is 2. The first-order valence-electron chi connectivity index (χ1n) is 4.80. The fraction of sp³-hybridized carbons (Fsp3) is 0.200. The summed E-state index contributed by atoms with van der Waals surface area (Å²) in [6, 6.07) is 1.20. The summed E-state index contributed by atoms with van der Waals surface area (Å²) in [7, 11) is 0. The molecule has 0 saturated carbocycles. The van der Waals surface area contributed by atoms with Crippen LogP contribution in [0.15, 0.2) is 18.5 Å². The number of hydroxylamine groups is 2. The molecule has 2 rings (SSSR count). The van der Waals surface area contributed by atoms with E-state index < -0.39 is 17.8 Å². The fourth-order valence-corrected chi connectivity index (χ4v) is 1.33. The minimum atomic E-state index is -1.00. The Bertz CT molecular complexity index is 483. The van der Waals surface area contributed by atoms with Gasteiger partial charge in [0.2, 0.25) is 0 Å². The van der Waals surface area contributed by atoms with Gasteiger partial charge in [-0.1, -0.05) is 0 Å². The Morgan fingerprint density at radius 2 is 2.00 bits per heavy atom. The van der Waals surface area contributed by atoms with Crippen LogP contribution in [0.2, 0.25) is 0 Å². The predicted octanol–water partition coefficient (Wildman–Crippen LogP) is 0.00800. The van der Waals surface area contributed by atoms with E-state index in [0.29, 0.717) is 5.06 Å². The number of aromatic hydroxyl groups is 1. The number of nitrogens with zero attached hydrogens (tertiary/aromatic N) is 2. The Balaban J connectivity index is 2.15. The van der Waals surface area contributed by atoms with Crippen molar-refractivity contribution in [2.24, 2.45) is 0 Å². The zero-order valence-electron chi connectivity index (χ0n) is 8.62. The lowest BCUT2D eigenvalue weighted by Crippen LogP contribution is -2.32. The topological polar surface area (TPSA) is 96.8 Å². The summed E-state index contributed by atoms with van der Waals surface area (Å²) in [6.07, 6.45) is 2.41. The van der Waals surface area contributed by atoms with Crippen molar-refractivity contribution in [3.8, 4) is 5.75 Å². The number of pyridine rings is 1. The summed E-state index contributed by atoms with van der Waals surface area (Å²) in [6.45, 7) is 0. The summed E-state index contributed by atoms with van der Waals surface area (Å²) in [5.74, 6) is -2.48. The zero-order chi connectivity index (χ0) is 12.4. The molecule has 1 aliphatic heterocycles. The minimum absolute atomic E-state index is 0.0190. The van der Waals surface area contributed by atoms with Gasteiger partial charge in [0.05, 0.1) is 0 Å². The smallest absolute Gasteiger partial charge is 0.369 e. The SMILES string of the molecule is O=C(ON1C(=O)CCC1=O)c1cnccc1O. The molecule has 0 aliphatic carbocycles. The number of amides is 2. The van der Waals surface area contributed by atoms with Gasteiger partial charge in [-0.15, -0.1) is 5.06 Å². The lowest BCUT2D eigenvalue weighted by molar-refractivity contribution is -0.172. The molecule has 0 aromatic carbocycles. The van der Waals surface area contributed by atoms with Crippen LogP contribution < -0.4 is 0 Å². The second-order valence-corrected chi connectivity index (χ2v) is 3.35. The first kappa shape index (κ1) is 11.1. The molecule has 0 bridgehead atoms. The Hall–Kier alpha value is -2.44. The quantitative estimate of drug-likeness (QED) is 0.726. The van der Waals surface area contributed by atoms with E-state index in [1.54, 1.807) is 0 Å². The Morgan fingerprint density at radius 1 is 1.35 bits per heavy atom. The predicted molar refractivity (Wildman–Crippen MR) is 52.4 cm³/mol. The average Bonchev–Trinajstić information content (AvgIpc) is 2.61. The molecule has 1 fully saturated rings. The molecule has 1 saturated heterocycles. The lowest BCUT2D eigenvalue weighted by Gasteiger charge is -2.12. The fourth-order valence-electron chi connectivity index (χ4n) is 1.33. The van der Waals surface area contributed by atoms with E-state index in [-0.39, 0.29) is 24.2 Å². The zero-order valence-corrected chi connectivity index (χ0v) is 8.62. The van der Waals surface area contributed by atoms with Crippen LogP contribution in [-0.4, -0.2) is 32.9 Å². The normalized spacial score (nSPS) is 15.2. The van der Waals surface area contributed by atoms with Crippen LogP contribution in [0.25, 0.3) is 0 Å². The van der Waals surface area contributed by atoms with Gasteiger partial charge >= 0.3 is 5.97 Å². The van der Waals surface area contributed by atoms with Gasteiger partial charge in [0.1, 0.15) is 11.3 Å². The number of carbonyl (C=O) groups excluding carboxylic acids is 3. The molecule has 0 radical (unpaired) electrons. The van der Waals surface area contributed by atoms with Crippen LogP contribution in [-0.2, 0) is 14.4 Å². The third-order valence-corrected chi connectivity index (χ3v) is 2.20. The van der Waals surface area contributed by atoms with Gasteiger partial charge in [0.25, 0.3) is 11.8 Å². The van der Waals surface area contributed by atoms with Gasteiger partial charge in [-0.2, -0.15) is 0 Å². The highest BCUT2D eigenvalue weighted by molar-refractivity contribution is 6.03. The Kier molecular flexibility index (Phi) is 2.73. The maximum atomic E-state index is 11.5. The van der Waals surface area contributed by atoms with E-state index in [1.807, 2.05) is 0 Å². The molecule has 1 aliphatic rings. The van der Waals surface area contributed by atoms with Gasteiger partial charge in [-0.3, -0.25) is 14.6 Å². The van der Waals surface area contributed by atoms with Crippen LogP contribution >= 0.6 is 0 Å². The van der Waals surface area contributed by atoms with Gasteiger partial charge in [-0.05, 0) is 6.07 Å². The van der Waals surface area contributed by atoms with Crippen molar-refractivity contribution >= 4 is 17.8 Å². The molecular formula is C10H8N2O5. The number of hydrogen-bond acceptors (Lipinski definition) is 6. The van der Waals surface area contributed by atoms with Crippen molar-refractivity contribution in [3.05, 3.63) is 24.0 Å². The number of imide groups is 1. The highest BCUT2D eigenvalue weighted by Crippen LogP contribution is 2.18. The third kappa shape index (κ3) is 2.07. The summed E-state index contributed by atoms with van der Waals surface area (Å²) in [5, 5.41) is 9.77. The molecule has 0 atom stereocenters. The molecule has 1 aromatic rings. The Morgan fingerprint density at radius 3 is 2.59 bits per heavy atom.